The molecule has 0 aromatic carbocycles. The van der Waals surface area contributed by atoms with Crippen LogP contribution in [0, 0.1) is 6.92 Å². The summed E-state index contributed by atoms with van der Waals surface area (Å²) in [6.07, 6.45) is 7.09. The number of nitrogens with one attached hydrogen (secondary N) is 2. The second-order valence-corrected chi connectivity index (χ2v) is 6.12. The van der Waals surface area contributed by atoms with Crippen LogP contribution in [0.25, 0.3) is 0 Å². The van der Waals surface area contributed by atoms with E-state index in [9.17, 15) is 4.79 Å². The molecule has 0 radical (unpaired) electrons. The fraction of sp³-hybridized carbons (Fsp3) is 0.529. The van der Waals surface area contributed by atoms with Crippen molar-refractivity contribution in [1.82, 2.24) is 25.8 Å². The Kier molecular flexibility index (Phi) is 5.81. The quantitative estimate of drug-likeness (QED) is 0.797. The molecule has 0 aliphatic heterocycles. The first-order chi connectivity index (χ1) is 12.2. The fourth-order valence-electron chi connectivity index (χ4n) is 2.77. The maximum absolute atomic E-state index is 11.8. The summed E-state index contributed by atoms with van der Waals surface area (Å²) >= 11 is 0. The molecule has 0 bridgehead atoms. The molecule has 3 rings (SSSR count). The Hall–Kier alpha value is -2.64. The van der Waals surface area contributed by atoms with E-state index in [1.807, 2.05) is 12.1 Å². The molecule has 8 nitrogen and oxygen atoms in total. The third-order valence-corrected chi connectivity index (χ3v) is 4.04. The molecule has 1 aliphatic carbocycles. The SMILES string of the molecule is Cc1noc(CCNC(=O)NCc2ccnc(OC3CCCC3)c2)n1. The van der Waals surface area contributed by atoms with Crippen LogP contribution in [-0.2, 0) is 13.0 Å². The molecule has 1 fully saturated rings. The van der Waals surface area contributed by atoms with Crippen molar-refractivity contribution in [2.24, 2.45) is 0 Å². The van der Waals surface area contributed by atoms with Gasteiger partial charge < -0.3 is 19.9 Å². The van der Waals surface area contributed by atoms with Gasteiger partial charge in [-0.3, -0.25) is 0 Å². The van der Waals surface area contributed by atoms with Gasteiger partial charge in [-0.15, -0.1) is 0 Å². The first kappa shape index (κ1) is 17.2. The van der Waals surface area contributed by atoms with E-state index in [0.717, 1.165) is 18.4 Å². The molecule has 2 aromatic rings. The predicted molar refractivity (Wildman–Crippen MR) is 90.1 cm³/mol. The molecule has 1 aliphatic rings. The topological polar surface area (TPSA) is 102 Å². The third-order valence-electron chi connectivity index (χ3n) is 4.04. The van der Waals surface area contributed by atoms with Crippen LogP contribution >= 0.6 is 0 Å². The van der Waals surface area contributed by atoms with Gasteiger partial charge in [0, 0.05) is 31.8 Å². The zero-order chi connectivity index (χ0) is 17.5. The minimum absolute atomic E-state index is 0.244. The molecule has 0 spiro atoms. The van der Waals surface area contributed by atoms with Crippen LogP contribution in [0.2, 0.25) is 0 Å². The number of carbonyl (C=O) groups excluding carboxylic acids is 1. The van der Waals surface area contributed by atoms with Crippen LogP contribution in [-0.4, -0.2) is 33.8 Å². The molecule has 25 heavy (non-hydrogen) atoms. The first-order valence-electron chi connectivity index (χ1n) is 8.61. The maximum atomic E-state index is 11.8. The lowest BCUT2D eigenvalue weighted by atomic mass is 10.2. The third kappa shape index (κ3) is 5.44. The Morgan fingerprint density at radius 1 is 1.36 bits per heavy atom. The van der Waals surface area contributed by atoms with E-state index in [2.05, 4.69) is 25.8 Å². The fourth-order valence-corrected chi connectivity index (χ4v) is 2.77. The van der Waals surface area contributed by atoms with Crippen LogP contribution in [0.15, 0.2) is 22.9 Å². The minimum atomic E-state index is -0.244. The highest BCUT2D eigenvalue weighted by molar-refractivity contribution is 5.73. The van der Waals surface area contributed by atoms with Crippen LogP contribution in [0.5, 0.6) is 5.88 Å². The monoisotopic (exact) mass is 345 g/mol. The van der Waals surface area contributed by atoms with Crippen LogP contribution in [0.4, 0.5) is 4.79 Å². The van der Waals surface area contributed by atoms with Crippen LogP contribution in [0.3, 0.4) is 0 Å². The first-order valence-corrected chi connectivity index (χ1v) is 8.61. The second-order valence-electron chi connectivity index (χ2n) is 6.12. The van der Waals surface area contributed by atoms with Crippen molar-refractivity contribution in [2.45, 2.75) is 51.7 Å². The number of ether oxygens (including phenoxy) is 1. The van der Waals surface area contributed by atoms with Crippen LogP contribution < -0.4 is 15.4 Å². The van der Waals surface area contributed by atoms with Gasteiger partial charge in [0.15, 0.2) is 5.82 Å². The number of rotatable bonds is 7. The highest BCUT2D eigenvalue weighted by atomic mass is 16.5. The maximum Gasteiger partial charge on any atom is 0.315 e. The van der Waals surface area contributed by atoms with Gasteiger partial charge >= 0.3 is 6.03 Å². The summed E-state index contributed by atoms with van der Waals surface area (Å²) in [7, 11) is 0. The highest BCUT2D eigenvalue weighted by Gasteiger charge is 2.17. The van der Waals surface area contributed by atoms with Crippen molar-refractivity contribution in [3.05, 3.63) is 35.6 Å². The van der Waals surface area contributed by atoms with Crippen molar-refractivity contribution >= 4 is 6.03 Å². The highest BCUT2D eigenvalue weighted by Crippen LogP contribution is 2.23. The van der Waals surface area contributed by atoms with E-state index in [1.165, 1.54) is 12.8 Å². The summed E-state index contributed by atoms with van der Waals surface area (Å²) in [5.41, 5.74) is 0.950. The Bertz CT molecular complexity index is 697. The Morgan fingerprint density at radius 3 is 2.96 bits per heavy atom. The molecule has 134 valence electrons. The molecule has 0 saturated heterocycles. The number of hydrogen-bond donors (Lipinski definition) is 2. The van der Waals surface area contributed by atoms with Gasteiger partial charge in [0.05, 0.1) is 0 Å². The average molecular weight is 345 g/mol. The summed E-state index contributed by atoms with van der Waals surface area (Å²) in [4.78, 5) is 20.2. The van der Waals surface area contributed by atoms with Gasteiger partial charge in [0.1, 0.15) is 6.10 Å². The average Bonchev–Trinajstić information content (AvgIpc) is 3.25. The van der Waals surface area contributed by atoms with Crippen molar-refractivity contribution in [2.75, 3.05) is 6.54 Å². The van der Waals surface area contributed by atoms with Gasteiger partial charge in [-0.2, -0.15) is 4.98 Å². The predicted octanol–water partition coefficient (Wildman–Crippen LogP) is 2.14. The number of hydrogen-bond acceptors (Lipinski definition) is 6. The lowest BCUT2D eigenvalue weighted by Gasteiger charge is -2.13. The summed E-state index contributed by atoms with van der Waals surface area (Å²) in [5.74, 6) is 1.73. The second kappa shape index (κ2) is 8.46. The summed E-state index contributed by atoms with van der Waals surface area (Å²) < 4.78 is 10.9. The molecule has 2 N–H and O–H groups in total. The molecule has 0 unspecified atom stereocenters. The molecule has 2 amide bonds. The van der Waals surface area contributed by atoms with Crippen molar-refractivity contribution in [3.63, 3.8) is 0 Å². The summed E-state index contributed by atoms with van der Waals surface area (Å²) in [6.45, 7) is 2.60. The van der Waals surface area contributed by atoms with E-state index in [1.54, 1.807) is 13.1 Å². The molecular weight excluding hydrogens is 322 g/mol. The number of carbonyl (C=O) groups is 1. The van der Waals surface area contributed by atoms with Gasteiger partial charge in [0.25, 0.3) is 0 Å². The number of aromatic nitrogens is 3. The van der Waals surface area contributed by atoms with Crippen molar-refractivity contribution in [3.8, 4) is 5.88 Å². The number of urea groups is 1. The van der Waals surface area contributed by atoms with E-state index in [-0.39, 0.29) is 12.1 Å². The lowest BCUT2D eigenvalue weighted by Crippen LogP contribution is -2.36. The van der Waals surface area contributed by atoms with E-state index >= 15 is 0 Å². The standard InChI is InChI=1S/C17H23N5O3/c1-12-21-15(25-22-12)7-9-19-17(23)20-11-13-6-8-18-16(10-13)24-14-4-2-3-5-14/h6,8,10,14H,2-5,7,9,11H2,1H3,(H2,19,20,23). The number of pyridine rings is 1. The molecule has 2 heterocycles. The normalized spacial score (nSPS) is 14.4. The number of amides is 2. The zero-order valence-electron chi connectivity index (χ0n) is 14.3. The largest absolute Gasteiger partial charge is 0.474 e. The van der Waals surface area contributed by atoms with E-state index < -0.39 is 0 Å². The minimum Gasteiger partial charge on any atom is -0.474 e. The number of nitrogens with zero attached hydrogens (tertiary/aromatic N) is 3. The van der Waals surface area contributed by atoms with Crippen LogP contribution in [0.1, 0.15) is 43.0 Å². The van der Waals surface area contributed by atoms with E-state index in [0.29, 0.717) is 37.1 Å². The molecule has 1 saturated carbocycles. The van der Waals surface area contributed by atoms with Gasteiger partial charge in [-0.25, -0.2) is 9.78 Å². The Labute approximate surface area is 146 Å². The van der Waals surface area contributed by atoms with Crippen molar-refractivity contribution < 1.29 is 14.1 Å². The molecular formula is C17H23N5O3. The summed E-state index contributed by atoms with van der Waals surface area (Å²) in [5, 5.41) is 9.27. The Balaban J connectivity index is 1.39. The number of aryl methyl sites for hydroxylation is 1. The van der Waals surface area contributed by atoms with Crippen molar-refractivity contribution in [1.29, 1.82) is 0 Å². The molecule has 8 heteroatoms. The Morgan fingerprint density at radius 2 is 2.20 bits per heavy atom. The molecule has 2 aromatic heterocycles. The smallest absolute Gasteiger partial charge is 0.315 e. The van der Waals surface area contributed by atoms with E-state index in [4.69, 9.17) is 9.26 Å². The van der Waals surface area contributed by atoms with Gasteiger partial charge in [-0.05, 0) is 44.2 Å². The summed E-state index contributed by atoms with van der Waals surface area (Å²) in [6, 6.07) is 3.49. The zero-order valence-corrected chi connectivity index (χ0v) is 14.3. The van der Waals surface area contributed by atoms with Gasteiger partial charge in [-0.1, -0.05) is 5.16 Å². The lowest BCUT2D eigenvalue weighted by molar-refractivity contribution is 0.201. The molecule has 0 atom stereocenters. The van der Waals surface area contributed by atoms with Gasteiger partial charge in [0.2, 0.25) is 11.8 Å².